The van der Waals surface area contributed by atoms with E-state index in [-0.39, 0.29) is 18.2 Å². The molecule has 156 valence electrons. The minimum Gasteiger partial charge on any atom is -0.359 e. The van der Waals surface area contributed by atoms with Gasteiger partial charge in [0, 0.05) is 42.3 Å². The second-order valence-electron chi connectivity index (χ2n) is 8.21. The first kappa shape index (κ1) is 19.7. The highest BCUT2D eigenvalue weighted by molar-refractivity contribution is 7.22. The Morgan fingerprint density at radius 1 is 1.20 bits per heavy atom. The van der Waals surface area contributed by atoms with E-state index in [1.54, 1.807) is 29.3 Å². The van der Waals surface area contributed by atoms with Crippen LogP contribution in [0, 0.1) is 5.82 Å². The number of halogens is 2. The van der Waals surface area contributed by atoms with Gasteiger partial charge in [-0.15, -0.1) is 12.4 Å². The van der Waals surface area contributed by atoms with Crippen molar-refractivity contribution >= 4 is 50.0 Å². The van der Waals surface area contributed by atoms with Crippen LogP contribution < -0.4 is 10.6 Å². The molecule has 2 saturated heterocycles. The lowest BCUT2D eigenvalue weighted by molar-refractivity contribution is 0.378. The molecule has 2 bridgehead atoms. The number of anilines is 1. The summed E-state index contributed by atoms with van der Waals surface area (Å²) in [5.74, 6) is -0.327. The number of pyridine rings is 1. The van der Waals surface area contributed by atoms with Crippen molar-refractivity contribution in [1.82, 2.24) is 25.1 Å². The number of hydrogen-bond donors (Lipinski definition) is 2. The van der Waals surface area contributed by atoms with E-state index in [0.29, 0.717) is 23.6 Å². The van der Waals surface area contributed by atoms with Gasteiger partial charge in [0.2, 0.25) is 0 Å². The highest BCUT2D eigenvalue weighted by Crippen LogP contribution is 2.33. The van der Waals surface area contributed by atoms with Gasteiger partial charge in [-0.3, -0.25) is 9.67 Å². The van der Waals surface area contributed by atoms with Crippen LogP contribution in [-0.2, 0) is 7.05 Å². The first-order valence-electron chi connectivity index (χ1n) is 10.0. The van der Waals surface area contributed by atoms with Gasteiger partial charge in [-0.1, -0.05) is 11.3 Å². The molecule has 3 atom stereocenters. The molecule has 1 unspecified atom stereocenters. The fourth-order valence-corrected chi connectivity index (χ4v) is 5.71. The van der Waals surface area contributed by atoms with E-state index in [1.807, 2.05) is 18.3 Å². The zero-order valence-corrected chi connectivity index (χ0v) is 18.1. The molecule has 0 aliphatic carbocycles. The van der Waals surface area contributed by atoms with E-state index >= 15 is 0 Å². The summed E-state index contributed by atoms with van der Waals surface area (Å²) in [5.41, 5.74) is 2.76. The van der Waals surface area contributed by atoms with Crippen molar-refractivity contribution in [2.75, 3.05) is 5.32 Å². The van der Waals surface area contributed by atoms with Gasteiger partial charge in [-0.25, -0.2) is 9.37 Å². The summed E-state index contributed by atoms with van der Waals surface area (Å²) in [6, 6.07) is 7.21. The number of thiazole rings is 1. The molecule has 4 aromatic rings. The summed E-state index contributed by atoms with van der Waals surface area (Å²) < 4.78 is 17.1. The molecule has 2 aliphatic heterocycles. The number of nitrogens with zero attached hydrogens (tertiary/aromatic N) is 4. The minimum absolute atomic E-state index is 0. The Hall–Kier alpha value is -2.29. The maximum Gasteiger partial charge on any atom is 0.184 e. The smallest absolute Gasteiger partial charge is 0.184 e. The van der Waals surface area contributed by atoms with Crippen molar-refractivity contribution in [2.24, 2.45) is 7.05 Å². The number of nitrogens with one attached hydrogen (secondary N) is 2. The molecule has 2 aliphatic rings. The van der Waals surface area contributed by atoms with Crippen LogP contribution in [0.2, 0.25) is 0 Å². The van der Waals surface area contributed by atoms with Crippen LogP contribution in [0.25, 0.3) is 32.4 Å². The Balaban J connectivity index is 0.00000193. The van der Waals surface area contributed by atoms with Crippen LogP contribution >= 0.6 is 23.7 Å². The Kier molecular flexibility index (Phi) is 4.88. The van der Waals surface area contributed by atoms with Crippen LogP contribution in [-0.4, -0.2) is 37.9 Å². The van der Waals surface area contributed by atoms with Crippen LogP contribution in [0.1, 0.15) is 25.7 Å². The van der Waals surface area contributed by atoms with Gasteiger partial charge in [0.05, 0.1) is 16.6 Å². The molecule has 2 fully saturated rings. The molecule has 6 nitrogen and oxygen atoms in total. The Morgan fingerprint density at radius 3 is 2.80 bits per heavy atom. The highest BCUT2D eigenvalue weighted by atomic mass is 35.5. The van der Waals surface area contributed by atoms with Crippen LogP contribution in [0.4, 0.5) is 9.52 Å². The molecule has 0 radical (unpaired) electrons. The first-order valence-corrected chi connectivity index (χ1v) is 10.8. The van der Waals surface area contributed by atoms with E-state index < -0.39 is 0 Å². The van der Waals surface area contributed by atoms with E-state index in [1.165, 1.54) is 18.9 Å². The molecule has 0 spiro atoms. The summed E-state index contributed by atoms with van der Waals surface area (Å²) in [4.78, 5) is 9.26. The topological polar surface area (TPSA) is 67.7 Å². The maximum absolute atomic E-state index is 14.5. The van der Waals surface area contributed by atoms with E-state index in [2.05, 4.69) is 20.7 Å². The van der Waals surface area contributed by atoms with Gasteiger partial charge >= 0.3 is 0 Å². The fourth-order valence-electron chi connectivity index (χ4n) is 4.76. The third-order valence-corrected chi connectivity index (χ3v) is 7.00. The molecule has 5 heterocycles. The maximum atomic E-state index is 14.5. The van der Waals surface area contributed by atoms with Gasteiger partial charge < -0.3 is 10.6 Å². The predicted molar refractivity (Wildman–Crippen MR) is 121 cm³/mol. The zero-order chi connectivity index (χ0) is 19.5. The number of hydrogen-bond acceptors (Lipinski definition) is 6. The molecular weight excluding hydrogens is 423 g/mol. The largest absolute Gasteiger partial charge is 0.359 e. The summed E-state index contributed by atoms with van der Waals surface area (Å²) >= 11 is 1.64. The first-order chi connectivity index (χ1) is 14.1. The van der Waals surface area contributed by atoms with E-state index in [9.17, 15) is 4.39 Å². The van der Waals surface area contributed by atoms with Crippen LogP contribution in [0.15, 0.2) is 30.6 Å². The molecule has 3 aromatic heterocycles. The van der Waals surface area contributed by atoms with Gasteiger partial charge in [0.25, 0.3) is 0 Å². The fraction of sp³-hybridized carbons (Fsp3) is 0.381. The van der Waals surface area contributed by atoms with E-state index in [0.717, 1.165) is 44.8 Å². The van der Waals surface area contributed by atoms with Crippen molar-refractivity contribution in [1.29, 1.82) is 0 Å². The summed E-state index contributed by atoms with van der Waals surface area (Å²) in [5, 5.41) is 13.2. The standard InChI is InChI=1S/C21H21FN6S.ClH/c1-28-10-12-4-11(5-16(22)20(12)27-28)17-8-19-18(9-23-17)26-21(29-19)25-15-6-13-2-3-14(7-15)24-13;/h4-5,8-10,13-15,24H,2-3,6-7H2,1H3,(H,25,26);1H/t13-,14+,15?;. The van der Waals surface area contributed by atoms with Crippen molar-refractivity contribution in [3.05, 3.63) is 36.4 Å². The van der Waals surface area contributed by atoms with Gasteiger partial charge in [0.1, 0.15) is 11.0 Å². The monoisotopic (exact) mass is 444 g/mol. The Morgan fingerprint density at radius 2 is 2.00 bits per heavy atom. The SMILES string of the molecule is Cl.Cn1cc2cc(-c3cc4sc(NC5C[C@H]6CC[C@@H](C5)N6)nc4cn3)cc(F)c2n1. The number of fused-ring (bicyclic) bond motifs is 4. The number of rotatable bonds is 3. The second kappa shape index (κ2) is 7.44. The summed E-state index contributed by atoms with van der Waals surface area (Å²) in [6.07, 6.45) is 8.48. The normalized spacial score (nSPS) is 23.1. The van der Waals surface area contributed by atoms with Crippen LogP contribution in [0.3, 0.4) is 0 Å². The molecular formula is C21H22ClFN6S. The van der Waals surface area contributed by atoms with Crippen LogP contribution in [0.5, 0.6) is 0 Å². The van der Waals surface area contributed by atoms with Gasteiger partial charge in [0.15, 0.2) is 10.9 Å². The van der Waals surface area contributed by atoms with Crippen molar-refractivity contribution in [3.63, 3.8) is 0 Å². The zero-order valence-electron chi connectivity index (χ0n) is 16.4. The van der Waals surface area contributed by atoms with Crippen molar-refractivity contribution in [2.45, 2.75) is 43.8 Å². The second-order valence-corrected chi connectivity index (χ2v) is 9.24. The third-order valence-electron chi connectivity index (χ3n) is 6.05. The minimum atomic E-state index is -0.327. The quantitative estimate of drug-likeness (QED) is 0.487. The predicted octanol–water partition coefficient (Wildman–Crippen LogP) is 4.50. The summed E-state index contributed by atoms with van der Waals surface area (Å²) in [6.45, 7) is 0. The number of benzene rings is 1. The Bertz CT molecular complexity index is 1230. The van der Waals surface area contributed by atoms with Gasteiger partial charge in [-0.05, 0) is 43.9 Å². The van der Waals surface area contributed by atoms with E-state index in [4.69, 9.17) is 4.98 Å². The van der Waals surface area contributed by atoms with Crippen molar-refractivity contribution < 1.29 is 4.39 Å². The third kappa shape index (κ3) is 3.42. The molecule has 30 heavy (non-hydrogen) atoms. The lowest BCUT2D eigenvalue weighted by atomic mass is 10.0. The number of aromatic nitrogens is 4. The van der Waals surface area contributed by atoms with Gasteiger partial charge in [-0.2, -0.15) is 5.10 Å². The molecule has 9 heteroatoms. The molecule has 0 saturated carbocycles. The number of piperidine rings is 1. The lowest BCUT2D eigenvalue weighted by Crippen LogP contribution is -2.43. The van der Waals surface area contributed by atoms with Crippen molar-refractivity contribution in [3.8, 4) is 11.3 Å². The summed E-state index contributed by atoms with van der Waals surface area (Å²) in [7, 11) is 1.79. The molecule has 0 amide bonds. The lowest BCUT2D eigenvalue weighted by Gasteiger charge is -2.29. The molecule has 1 aromatic carbocycles. The molecule has 6 rings (SSSR count). The average Bonchev–Trinajstić information content (AvgIpc) is 3.36. The highest BCUT2D eigenvalue weighted by Gasteiger charge is 2.33. The average molecular weight is 445 g/mol. The molecule has 2 N–H and O–H groups in total. The number of aryl methyl sites for hydroxylation is 1. The Labute approximate surface area is 183 Å².